The van der Waals surface area contributed by atoms with Crippen LogP contribution in [0.25, 0.3) is 10.4 Å². The third kappa shape index (κ3) is 6.25. The van der Waals surface area contributed by atoms with Crippen molar-refractivity contribution >= 4 is 23.9 Å². The lowest BCUT2D eigenvalue weighted by Gasteiger charge is -2.43. The van der Waals surface area contributed by atoms with Gasteiger partial charge in [-0.25, -0.2) is 0 Å². The lowest BCUT2D eigenvalue weighted by Crippen LogP contribution is -2.58. The topological polar surface area (TPSA) is 154 Å². The van der Waals surface area contributed by atoms with E-state index in [1.165, 1.54) is 6.92 Å². The molecule has 0 amide bonds. The van der Waals surface area contributed by atoms with E-state index in [4.69, 9.17) is 24.5 Å². The second kappa shape index (κ2) is 9.62. The van der Waals surface area contributed by atoms with Gasteiger partial charge in [0.15, 0.2) is 12.2 Å². The highest BCUT2D eigenvalue weighted by Crippen LogP contribution is 2.34. The Bertz CT molecular complexity index is 616. The molecule has 144 valence electrons. The highest BCUT2D eigenvalue weighted by Gasteiger charge is 2.50. The summed E-state index contributed by atoms with van der Waals surface area (Å²) in [5, 5.41) is 3.60. The van der Waals surface area contributed by atoms with Crippen LogP contribution in [0, 0.1) is 5.92 Å². The summed E-state index contributed by atoms with van der Waals surface area (Å²) in [6.07, 6.45) is -3.33. The molecular formula is C15H21N3O8. The average molecular weight is 371 g/mol. The summed E-state index contributed by atoms with van der Waals surface area (Å²) < 4.78 is 20.6. The number of carbonyl (C=O) groups is 4. The molecule has 11 nitrogen and oxygen atoms in total. The fourth-order valence-corrected chi connectivity index (χ4v) is 2.84. The fourth-order valence-electron chi connectivity index (χ4n) is 2.84. The lowest BCUT2D eigenvalue weighted by atomic mass is 9.79. The molecule has 0 spiro atoms. The predicted molar refractivity (Wildman–Crippen MR) is 84.3 cm³/mol. The lowest BCUT2D eigenvalue weighted by molar-refractivity contribution is -0.202. The molecule has 1 fully saturated rings. The van der Waals surface area contributed by atoms with Crippen molar-refractivity contribution in [2.75, 3.05) is 6.61 Å². The molecule has 0 aromatic rings. The van der Waals surface area contributed by atoms with Crippen LogP contribution in [-0.2, 0) is 38.1 Å². The van der Waals surface area contributed by atoms with Crippen LogP contribution in [0.3, 0.4) is 0 Å². The van der Waals surface area contributed by atoms with Crippen LogP contribution in [0.5, 0.6) is 0 Å². The van der Waals surface area contributed by atoms with Gasteiger partial charge in [0.2, 0.25) is 0 Å². The molecule has 0 bridgehead atoms. The van der Waals surface area contributed by atoms with E-state index in [9.17, 15) is 19.2 Å². The minimum atomic E-state index is -1.22. The summed E-state index contributed by atoms with van der Waals surface area (Å²) in [4.78, 5) is 48.3. The first-order valence-electron chi connectivity index (χ1n) is 7.85. The minimum absolute atomic E-state index is 0.0883. The molecule has 1 aliphatic carbocycles. The van der Waals surface area contributed by atoms with Gasteiger partial charge in [-0.3, -0.25) is 19.2 Å². The van der Waals surface area contributed by atoms with Crippen LogP contribution in [0.1, 0.15) is 34.1 Å². The van der Waals surface area contributed by atoms with Crippen LogP contribution in [0.4, 0.5) is 0 Å². The maximum Gasteiger partial charge on any atom is 0.303 e. The molecule has 26 heavy (non-hydrogen) atoms. The first kappa shape index (κ1) is 21.2. The Hall–Kier alpha value is -2.81. The first-order chi connectivity index (χ1) is 12.1. The zero-order chi connectivity index (χ0) is 19.9. The van der Waals surface area contributed by atoms with E-state index >= 15 is 0 Å². The van der Waals surface area contributed by atoms with Crippen molar-refractivity contribution < 1.29 is 38.1 Å². The molecule has 1 saturated carbocycles. The number of nitrogens with zero attached hydrogens (tertiary/aromatic N) is 3. The highest BCUT2D eigenvalue weighted by molar-refractivity contribution is 5.68. The van der Waals surface area contributed by atoms with Gasteiger partial charge in [0, 0.05) is 38.5 Å². The largest absolute Gasteiger partial charge is 0.465 e. The number of carbonyl (C=O) groups excluding carboxylic acids is 4. The standard InChI is InChI=1S/C15H21N3O8/c1-7(19)23-6-11-5-12(17-18-16)14(25-9(3)21)15(26-10(4)22)13(11)24-8(2)20/h11-15H,5-6H2,1-4H3/t11-,12+,13-,14+,15+/m1/s1. The molecule has 0 aromatic heterocycles. The Morgan fingerprint density at radius 2 is 1.38 bits per heavy atom. The van der Waals surface area contributed by atoms with Crippen LogP contribution < -0.4 is 0 Å². The van der Waals surface area contributed by atoms with Crippen molar-refractivity contribution in [2.24, 2.45) is 11.0 Å². The number of rotatable bonds is 6. The van der Waals surface area contributed by atoms with Crippen molar-refractivity contribution in [3.05, 3.63) is 10.4 Å². The zero-order valence-electron chi connectivity index (χ0n) is 14.9. The summed E-state index contributed by atoms with van der Waals surface area (Å²) >= 11 is 0. The predicted octanol–water partition coefficient (Wildman–Crippen LogP) is 1.04. The number of azide groups is 1. The molecule has 1 aliphatic rings. The van der Waals surface area contributed by atoms with E-state index in [1.54, 1.807) is 0 Å². The number of ether oxygens (including phenoxy) is 4. The van der Waals surface area contributed by atoms with Gasteiger partial charge in [0.05, 0.1) is 12.6 Å². The molecule has 11 heteroatoms. The second-order valence-electron chi connectivity index (χ2n) is 5.79. The van der Waals surface area contributed by atoms with Crippen molar-refractivity contribution in [2.45, 2.75) is 58.5 Å². The Morgan fingerprint density at radius 1 is 0.885 bits per heavy atom. The summed E-state index contributed by atoms with van der Waals surface area (Å²) in [6, 6.07) is -0.902. The van der Waals surface area contributed by atoms with Gasteiger partial charge in [0.25, 0.3) is 0 Å². The monoisotopic (exact) mass is 371 g/mol. The molecule has 0 aromatic carbocycles. The molecule has 0 unspecified atom stereocenters. The van der Waals surface area contributed by atoms with Gasteiger partial charge < -0.3 is 18.9 Å². The minimum Gasteiger partial charge on any atom is -0.465 e. The van der Waals surface area contributed by atoms with Crippen molar-refractivity contribution in [3.8, 4) is 0 Å². The third-order valence-corrected chi connectivity index (χ3v) is 3.64. The molecule has 1 rings (SSSR count). The SMILES string of the molecule is CC(=O)OC[C@H]1C[C@H](N=[N+]=[N-])[C@H](OC(C)=O)[C@@H](OC(C)=O)[C@@H]1OC(C)=O. The van der Waals surface area contributed by atoms with Gasteiger partial charge in [-0.2, -0.15) is 0 Å². The zero-order valence-corrected chi connectivity index (χ0v) is 14.9. The summed E-state index contributed by atoms with van der Waals surface area (Å²) in [7, 11) is 0. The smallest absolute Gasteiger partial charge is 0.303 e. The summed E-state index contributed by atoms with van der Waals surface area (Å²) in [6.45, 7) is 4.49. The van der Waals surface area contributed by atoms with Gasteiger partial charge in [-0.15, -0.1) is 0 Å². The molecular weight excluding hydrogens is 350 g/mol. The first-order valence-corrected chi connectivity index (χ1v) is 7.85. The van der Waals surface area contributed by atoms with Crippen LogP contribution in [0.2, 0.25) is 0 Å². The number of hydrogen-bond donors (Lipinski definition) is 0. The molecule has 0 saturated heterocycles. The average Bonchev–Trinajstić information content (AvgIpc) is 2.50. The Labute approximate surface area is 149 Å². The van der Waals surface area contributed by atoms with E-state index in [1.807, 2.05) is 0 Å². The van der Waals surface area contributed by atoms with E-state index in [0.717, 1.165) is 20.8 Å². The van der Waals surface area contributed by atoms with E-state index in [2.05, 4.69) is 10.0 Å². The van der Waals surface area contributed by atoms with E-state index in [0.29, 0.717) is 0 Å². The van der Waals surface area contributed by atoms with Gasteiger partial charge in [0.1, 0.15) is 6.10 Å². The van der Waals surface area contributed by atoms with Gasteiger partial charge in [-0.05, 0) is 12.0 Å². The number of hydrogen-bond acceptors (Lipinski definition) is 9. The maximum absolute atomic E-state index is 11.5. The normalized spacial score (nSPS) is 27.5. The van der Waals surface area contributed by atoms with E-state index in [-0.39, 0.29) is 13.0 Å². The van der Waals surface area contributed by atoms with Crippen LogP contribution >= 0.6 is 0 Å². The number of esters is 4. The molecule has 0 heterocycles. The van der Waals surface area contributed by atoms with Crippen molar-refractivity contribution in [1.82, 2.24) is 0 Å². The quantitative estimate of drug-likeness (QED) is 0.220. The summed E-state index contributed by atoms with van der Waals surface area (Å²) in [5.41, 5.74) is 8.79. The highest BCUT2D eigenvalue weighted by atomic mass is 16.6. The summed E-state index contributed by atoms with van der Waals surface area (Å²) in [5.74, 6) is -3.25. The third-order valence-electron chi connectivity index (χ3n) is 3.64. The van der Waals surface area contributed by atoms with Gasteiger partial charge >= 0.3 is 23.9 Å². The Balaban J connectivity index is 3.28. The fraction of sp³-hybridized carbons (Fsp3) is 0.733. The van der Waals surface area contributed by atoms with Crippen LogP contribution in [0.15, 0.2) is 5.11 Å². The van der Waals surface area contributed by atoms with Crippen molar-refractivity contribution in [3.63, 3.8) is 0 Å². The maximum atomic E-state index is 11.5. The van der Waals surface area contributed by atoms with Crippen LogP contribution in [-0.4, -0.2) is 54.8 Å². The molecule has 0 N–H and O–H groups in total. The molecule has 0 aliphatic heterocycles. The van der Waals surface area contributed by atoms with Gasteiger partial charge in [-0.1, -0.05) is 5.11 Å². The van der Waals surface area contributed by atoms with E-state index < -0.39 is 54.1 Å². The molecule has 5 atom stereocenters. The van der Waals surface area contributed by atoms with Crippen molar-refractivity contribution in [1.29, 1.82) is 0 Å². The second-order valence-corrected chi connectivity index (χ2v) is 5.79. The Kier molecular flexibility index (Phi) is 7.85. The molecule has 0 radical (unpaired) electrons. The Morgan fingerprint density at radius 3 is 1.85 bits per heavy atom.